The largest absolute Gasteiger partial charge is 0.300 e. The summed E-state index contributed by atoms with van der Waals surface area (Å²) in [6, 6.07) is 0. The Morgan fingerprint density at radius 2 is 1.20 bits per heavy atom. The van der Waals surface area contributed by atoms with Crippen molar-refractivity contribution < 1.29 is 26.7 Å². The topological polar surface area (TPSA) is 17.1 Å². The van der Waals surface area contributed by atoms with Crippen LogP contribution in [0.2, 0.25) is 0 Å². The zero-order valence-electron chi connectivity index (χ0n) is 7.51. The van der Waals surface area contributed by atoms with Crippen molar-refractivity contribution in [3.63, 3.8) is 0 Å². The number of carbonyl (C=O) groups excluding carboxylic acids is 1. The Bertz CT molecular complexity index is 398. The van der Waals surface area contributed by atoms with E-state index in [0.717, 1.165) is 6.92 Å². The highest BCUT2D eigenvalue weighted by atomic mass is 19.2. The molecule has 0 saturated heterocycles. The number of carbonyl (C=O) groups is 1. The third kappa shape index (κ3) is 1.98. The molecule has 0 N–H and O–H groups in total. The zero-order chi connectivity index (χ0) is 11.7. The maximum Gasteiger partial charge on any atom is 0.200 e. The molecule has 0 heterocycles. The van der Waals surface area contributed by atoms with Gasteiger partial charge in [0.15, 0.2) is 23.3 Å². The summed E-state index contributed by atoms with van der Waals surface area (Å²) in [7, 11) is 0. The van der Waals surface area contributed by atoms with Gasteiger partial charge in [-0.1, -0.05) is 0 Å². The Morgan fingerprint density at radius 1 is 0.867 bits per heavy atom. The van der Waals surface area contributed by atoms with Crippen LogP contribution in [0.4, 0.5) is 22.0 Å². The predicted octanol–water partition coefficient (Wildman–Crippen LogP) is 2.51. The summed E-state index contributed by atoms with van der Waals surface area (Å²) in [6.07, 6.45) is -0.828. The van der Waals surface area contributed by atoms with Crippen LogP contribution < -0.4 is 0 Å². The van der Waals surface area contributed by atoms with E-state index in [4.69, 9.17) is 0 Å². The van der Waals surface area contributed by atoms with Gasteiger partial charge in [0.05, 0.1) is 0 Å². The second-order valence-electron chi connectivity index (χ2n) is 2.93. The van der Waals surface area contributed by atoms with Gasteiger partial charge in [-0.15, -0.1) is 0 Å². The van der Waals surface area contributed by atoms with E-state index < -0.39 is 46.9 Å². The molecule has 1 rings (SSSR count). The molecule has 0 amide bonds. The first-order valence-corrected chi connectivity index (χ1v) is 3.86. The van der Waals surface area contributed by atoms with Crippen LogP contribution >= 0.6 is 0 Å². The first-order valence-electron chi connectivity index (χ1n) is 3.86. The number of rotatable bonds is 2. The molecule has 0 aliphatic carbocycles. The van der Waals surface area contributed by atoms with E-state index in [9.17, 15) is 26.7 Å². The molecule has 0 spiro atoms. The highest BCUT2D eigenvalue weighted by Gasteiger charge is 2.25. The molecule has 0 aliphatic rings. The summed E-state index contributed by atoms with van der Waals surface area (Å²) in [5, 5.41) is 0. The second kappa shape index (κ2) is 3.96. The Kier molecular flexibility index (Phi) is 3.06. The Labute approximate surface area is 81.5 Å². The average Bonchev–Trinajstić information content (AvgIpc) is 2.18. The van der Waals surface area contributed by atoms with Crippen molar-refractivity contribution in [3.05, 3.63) is 34.6 Å². The normalized spacial score (nSPS) is 10.5. The van der Waals surface area contributed by atoms with Crippen LogP contribution in [0.1, 0.15) is 12.5 Å². The number of benzene rings is 1. The third-order valence-electron chi connectivity index (χ3n) is 1.73. The molecule has 82 valence electrons. The number of ketones is 1. The lowest BCUT2D eigenvalue weighted by molar-refractivity contribution is -0.116. The van der Waals surface area contributed by atoms with E-state index in [1.165, 1.54) is 0 Å². The molecule has 1 nitrogen and oxygen atoms in total. The van der Waals surface area contributed by atoms with Gasteiger partial charge in [0, 0.05) is 12.0 Å². The van der Waals surface area contributed by atoms with Crippen LogP contribution in [0, 0.1) is 29.1 Å². The maximum atomic E-state index is 12.9. The molecule has 15 heavy (non-hydrogen) atoms. The molecule has 6 heteroatoms. The first kappa shape index (κ1) is 11.6. The molecule has 0 aliphatic heterocycles. The minimum absolute atomic E-state index is 0.696. The van der Waals surface area contributed by atoms with Crippen molar-refractivity contribution in [1.29, 1.82) is 0 Å². The van der Waals surface area contributed by atoms with Gasteiger partial charge in [-0.05, 0) is 6.92 Å². The molecule has 1 aromatic carbocycles. The van der Waals surface area contributed by atoms with Crippen LogP contribution in [-0.2, 0) is 11.2 Å². The van der Waals surface area contributed by atoms with Gasteiger partial charge < -0.3 is 0 Å². The minimum Gasteiger partial charge on any atom is -0.300 e. The smallest absolute Gasteiger partial charge is 0.200 e. The van der Waals surface area contributed by atoms with Crippen molar-refractivity contribution in [2.75, 3.05) is 0 Å². The molecule has 0 saturated carbocycles. The van der Waals surface area contributed by atoms with Gasteiger partial charge in [0.25, 0.3) is 0 Å². The quantitative estimate of drug-likeness (QED) is 0.428. The van der Waals surface area contributed by atoms with Gasteiger partial charge >= 0.3 is 0 Å². The fourth-order valence-electron chi connectivity index (χ4n) is 1.05. The van der Waals surface area contributed by atoms with Gasteiger partial charge in [-0.2, -0.15) is 0 Å². The Hall–Kier alpha value is -1.46. The van der Waals surface area contributed by atoms with Crippen molar-refractivity contribution in [2.24, 2.45) is 0 Å². The van der Waals surface area contributed by atoms with E-state index in [-0.39, 0.29) is 0 Å². The molecule has 1 aromatic rings. The zero-order valence-corrected chi connectivity index (χ0v) is 7.51. The van der Waals surface area contributed by atoms with Gasteiger partial charge in [-0.25, -0.2) is 22.0 Å². The van der Waals surface area contributed by atoms with Crippen molar-refractivity contribution in [2.45, 2.75) is 13.3 Å². The molecular formula is C9H5F5O. The lowest BCUT2D eigenvalue weighted by atomic mass is 10.1. The summed E-state index contributed by atoms with van der Waals surface area (Å²) in [4.78, 5) is 10.6. The molecule has 0 atom stereocenters. The van der Waals surface area contributed by atoms with Crippen LogP contribution in [-0.4, -0.2) is 5.78 Å². The molecular weight excluding hydrogens is 219 g/mol. The van der Waals surface area contributed by atoms with Crippen molar-refractivity contribution >= 4 is 5.78 Å². The van der Waals surface area contributed by atoms with E-state index in [1.54, 1.807) is 0 Å². The van der Waals surface area contributed by atoms with Gasteiger partial charge in [-0.3, -0.25) is 4.79 Å². The van der Waals surface area contributed by atoms with Crippen LogP contribution in [0.3, 0.4) is 0 Å². The third-order valence-corrected chi connectivity index (χ3v) is 1.73. The molecule has 0 unspecified atom stereocenters. The van der Waals surface area contributed by atoms with Crippen molar-refractivity contribution in [1.82, 2.24) is 0 Å². The van der Waals surface area contributed by atoms with E-state index in [1.807, 2.05) is 0 Å². The summed E-state index contributed by atoms with van der Waals surface area (Å²) in [5.74, 6) is -10.9. The fourth-order valence-corrected chi connectivity index (χ4v) is 1.05. The van der Waals surface area contributed by atoms with Crippen molar-refractivity contribution in [3.8, 4) is 0 Å². The van der Waals surface area contributed by atoms with Gasteiger partial charge in [0.1, 0.15) is 5.78 Å². The SMILES string of the molecule is CC(=O)Cc1c(F)c(F)c(F)c(F)c1F. The van der Waals surface area contributed by atoms with Gasteiger partial charge in [0.2, 0.25) is 5.82 Å². The summed E-state index contributed by atoms with van der Waals surface area (Å²) in [5.41, 5.74) is -1.10. The Balaban J connectivity index is 3.45. The molecule has 0 bridgehead atoms. The highest BCUT2D eigenvalue weighted by Crippen LogP contribution is 2.23. The highest BCUT2D eigenvalue weighted by molar-refractivity contribution is 5.78. The lowest BCUT2D eigenvalue weighted by Crippen LogP contribution is -2.10. The minimum atomic E-state index is -2.22. The lowest BCUT2D eigenvalue weighted by Gasteiger charge is -2.05. The van der Waals surface area contributed by atoms with Crippen LogP contribution in [0.5, 0.6) is 0 Å². The second-order valence-corrected chi connectivity index (χ2v) is 2.93. The standard InChI is InChI=1S/C9H5F5O/c1-3(15)2-4-5(10)7(12)9(14)8(13)6(4)11/h2H2,1H3. The maximum absolute atomic E-state index is 12.9. The van der Waals surface area contributed by atoms with E-state index >= 15 is 0 Å². The van der Waals surface area contributed by atoms with E-state index in [0.29, 0.717) is 0 Å². The van der Waals surface area contributed by atoms with E-state index in [2.05, 4.69) is 0 Å². The average molecular weight is 224 g/mol. The molecule has 0 fully saturated rings. The Morgan fingerprint density at radius 3 is 1.53 bits per heavy atom. The summed E-state index contributed by atoms with van der Waals surface area (Å²) >= 11 is 0. The number of halogens is 5. The summed E-state index contributed by atoms with van der Waals surface area (Å²) < 4.78 is 63.5. The predicted molar refractivity (Wildman–Crippen MR) is 40.6 cm³/mol. The van der Waals surface area contributed by atoms with Crippen LogP contribution in [0.15, 0.2) is 0 Å². The summed E-state index contributed by atoms with van der Waals surface area (Å²) in [6.45, 7) is 0.984. The fraction of sp³-hybridized carbons (Fsp3) is 0.222. The monoisotopic (exact) mass is 224 g/mol. The molecule has 0 radical (unpaired) electrons. The van der Waals surface area contributed by atoms with Crippen LogP contribution in [0.25, 0.3) is 0 Å². The molecule has 0 aromatic heterocycles. The first-order chi connectivity index (χ1) is 6.86. The number of hydrogen-bond acceptors (Lipinski definition) is 1. The number of hydrogen-bond donors (Lipinski definition) is 0. The number of Topliss-reactive ketones (excluding diaryl/α,β-unsaturated/α-hetero) is 1.